The third-order valence-electron chi connectivity index (χ3n) is 4.59. The van der Waals surface area contributed by atoms with Gasteiger partial charge in [0.25, 0.3) is 5.91 Å². The molecule has 1 amide bonds. The predicted molar refractivity (Wildman–Crippen MR) is 91.7 cm³/mol. The molecule has 4 rings (SSSR count). The minimum atomic E-state index is 0.0645. The van der Waals surface area contributed by atoms with Crippen LogP contribution in [0.5, 0.6) is 0 Å². The van der Waals surface area contributed by atoms with Crippen LogP contribution in [0, 0.1) is 0 Å². The minimum Gasteiger partial charge on any atom is -0.339 e. The van der Waals surface area contributed by atoms with Crippen LogP contribution in [0.4, 0.5) is 0 Å². The van der Waals surface area contributed by atoms with E-state index < -0.39 is 0 Å². The van der Waals surface area contributed by atoms with Gasteiger partial charge < -0.3 is 4.90 Å². The molecular weight excluding hydrogens is 300 g/mol. The lowest BCUT2D eigenvalue weighted by Crippen LogP contribution is -2.38. The highest BCUT2D eigenvalue weighted by atomic mass is 16.2. The van der Waals surface area contributed by atoms with Crippen LogP contribution >= 0.6 is 0 Å². The zero-order chi connectivity index (χ0) is 16.4. The summed E-state index contributed by atoms with van der Waals surface area (Å²) in [7, 11) is 0. The summed E-state index contributed by atoms with van der Waals surface area (Å²) in [5.41, 5.74) is 2.53. The maximum Gasteiger partial charge on any atom is 0.255 e. The van der Waals surface area contributed by atoms with Gasteiger partial charge in [0.2, 0.25) is 0 Å². The molecule has 0 unspecified atom stereocenters. The fourth-order valence-electron chi connectivity index (χ4n) is 3.25. The van der Waals surface area contributed by atoms with Crippen molar-refractivity contribution in [1.29, 1.82) is 0 Å². The highest BCUT2D eigenvalue weighted by Gasteiger charge is 2.25. The fourth-order valence-corrected chi connectivity index (χ4v) is 3.25. The van der Waals surface area contributed by atoms with Crippen LogP contribution in [-0.2, 0) is 0 Å². The molecule has 3 aromatic rings. The second-order valence-electron chi connectivity index (χ2n) is 6.09. The van der Waals surface area contributed by atoms with Crippen LogP contribution in [0.2, 0.25) is 0 Å². The minimum absolute atomic E-state index is 0.0645. The average Bonchev–Trinajstić information content (AvgIpc) is 2.68. The normalized spacial score (nSPS) is 15.6. The summed E-state index contributed by atoms with van der Waals surface area (Å²) in [6.45, 7) is 1.50. The molecule has 0 aromatic carbocycles. The highest BCUT2D eigenvalue weighted by Crippen LogP contribution is 2.28. The molecule has 1 aliphatic rings. The number of hydrogen-bond acceptors (Lipinski definition) is 4. The number of nitrogens with zero attached hydrogens (tertiary/aromatic N) is 4. The summed E-state index contributed by atoms with van der Waals surface area (Å²) in [6.07, 6.45) is 6.94. The molecule has 0 bridgehead atoms. The SMILES string of the molecule is O=C(c1cccnc1)N1CCC(c2ccc3cccnc3n2)CC1. The third kappa shape index (κ3) is 2.85. The highest BCUT2D eigenvalue weighted by molar-refractivity contribution is 5.93. The molecule has 5 nitrogen and oxygen atoms in total. The van der Waals surface area contributed by atoms with Crippen molar-refractivity contribution in [2.24, 2.45) is 0 Å². The first-order valence-electron chi connectivity index (χ1n) is 8.22. The van der Waals surface area contributed by atoms with E-state index in [1.807, 2.05) is 23.1 Å². The lowest BCUT2D eigenvalue weighted by Gasteiger charge is -2.31. The Kier molecular flexibility index (Phi) is 3.91. The van der Waals surface area contributed by atoms with Crippen LogP contribution in [0.15, 0.2) is 55.0 Å². The van der Waals surface area contributed by atoms with Gasteiger partial charge in [0, 0.05) is 48.7 Å². The van der Waals surface area contributed by atoms with Gasteiger partial charge in [-0.05, 0) is 49.2 Å². The Labute approximate surface area is 140 Å². The molecule has 0 aliphatic carbocycles. The van der Waals surface area contributed by atoms with E-state index >= 15 is 0 Å². The standard InChI is InChI=1S/C19H18N4O/c24-19(16-4-1-9-20-13-16)23-11-7-14(8-12-23)17-6-5-15-3-2-10-21-18(15)22-17/h1-6,9-10,13-14H,7-8,11-12H2. The fraction of sp³-hybridized carbons (Fsp3) is 0.263. The molecule has 4 heterocycles. The zero-order valence-corrected chi connectivity index (χ0v) is 13.3. The van der Waals surface area contributed by atoms with Crippen molar-refractivity contribution in [2.45, 2.75) is 18.8 Å². The number of piperidine rings is 1. The molecule has 1 saturated heterocycles. The largest absolute Gasteiger partial charge is 0.339 e. The van der Waals surface area contributed by atoms with Gasteiger partial charge >= 0.3 is 0 Å². The van der Waals surface area contributed by atoms with E-state index in [0.29, 0.717) is 11.5 Å². The maximum absolute atomic E-state index is 12.5. The number of carbonyl (C=O) groups excluding carboxylic acids is 1. The van der Waals surface area contributed by atoms with Gasteiger partial charge in [-0.15, -0.1) is 0 Å². The number of carbonyl (C=O) groups is 1. The van der Waals surface area contributed by atoms with Crippen molar-refractivity contribution >= 4 is 16.9 Å². The van der Waals surface area contributed by atoms with Crippen LogP contribution in [-0.4, -0.2) is 38.8 Å². The summed E-state index contributed by atoms with van der Waals surface area (Å²) in [6, 6.07) is 11.7. The molecular formula is C19H18N4O. The summed E-state index contributed by atoms with van der Waals surface area (Å²) in [5.74, 6) is 0.448. The van der Waals surface area contributed by atoms with Gasteiger partial charge in [0.15, 0.2) is 5.65 Å². The number of rotatable bonds is 2. The Hall–Kier alpha value is -2.82. The van der Waals surface area contributed by atoms with Crippen molar-refractivity contribution in [2.75, 3.05) is 13.1 Å². The molecule has 0 spiro atoms. The summed E-state index contributed by atoms with van der Waals surface area (Å²) < 4.78 is 0. The first-order valence-corrected chi connectivity index (χ1v) is 8.22. The van der Waals surface area contributed by atoms with E-state index in [0.717, 1.165) is 42.7 Å². The zero-order valence-electron chi connectivity index (χ0n) is 13.3. The van der Waals surface area contributed by atoms with Gasteiger partial charge in [-0.3, -0.25) is 9.78 Å². The molecule has 5 heteroatoms. The van der Waals surface area contributed by atoms with E-state index in [-0.39, 0.29) is 5.91 Å². The average molecular weight is 318 g/mol. The first kappa shape index (κ1) is 14.8. The molecule has 120 valence electrons. The van der Waals surface area contributed by atoms with Crippen molar-refractivity contribution in [3.05, 3.63) is 66.2 Å². The molecule has 3 aromatic heterocycles. The molecule has 0 saturated carbocycles. The first-order chi connectivity index (χ1) is 11.8. The predicted octanol–water partition coefficient (Wildman–Crippen LogP) is 3.04. The van der Waals surface area contributed by atoms with E-state index in [4.69, 9.17) is 4.98 Å². The van der Waals surface area contributed by atoms with Gasteiger partial charge in [-0.1, -0.05) is 0 Å². The van der Waals surface area contributed by atoms with Crippen molar-refractivity contribution in [3.63, 3.8) is 0 Å². The van der Waals surface area contributed by atoms with Crippen LogP contribution in [0.25, 0.3) is 11.0 Å². The molecule has 0 radical (unpaired) electrons. The Balaban J connectivity index is 1.46. The van der Waals surface area contributed by atoms with Gasteiger partial charge in [-0.2, -0.15) is 0 Å². The van der Waals surface area contributed by atoms with E-state index in [9.17, 15) is 4.79 Å². The number of aromatic nitrogens is 3. The Morgan fingerprint density at radius 3 is 2.67 bits per heavy atom. The van der Waals surface area contributed by atoms with E-state index in [1.54, 1.807) is 24.7 Å². The van der Waals surface area contributed by atoms with Crippen LogP contribution in [0.1, 0.15) is 34.8 Å². The summed E-state index contributed by atoms with van der Waals surface area (Å²) in [4.78, 5) is 27.5. The molecule has 1 aliphatic heterocycles. The second kappa shape index (κ2) is 6.35. The van der Waals surface area contributed by atoms with Gasteiger partial charge in [-0.25, -0.2) is 9.97 Å². The number of hydrogen-bond donors (Lipinski definition) is 0. The topological polar surface area (TPSA) is 59.0 Å². The Bertz CT molecular complexity index is 857. The van der Waals surface area contributed by atoms with Crippen molar-refractivity contribution < 1.29 is 4.79 Å². The van der Waals surface area contributed by atoms with Crippen LogP contribution in [0.3, 0.4) is 0 Å². The summed E-state index contributed by atoms with van der Waals surface area (Å²) in [5, 5.41) is 1.06. The van der Waals surface area contributed by atoms with Crippen LogP contribution < -0.4 is 0 Å². The molecule has 1 fully saturated rings. The quantitative estimate of drug-likeness (QED) is 0.728. The molecule has 24 heavy (non-hydrogen) atoms. The molecule has 0 atom stereocenters. The summed E-state index contributed by atoms with van der Waals surface area (Å²) >= 11 is 0. The smallest absolute Gasteiger partial charge is 0.255 e. The maximum atomic E-state index is 12.5. The Morgan fingerprint density at radius 1 is 1.04 bits per heavy atom. The van der Waals surface area contributed by atoms with E-state index in [1.165, 1.54) is 0 Å². The number of amides is 1. The second-order valence-corrected chi connectivity index (χ2v) is 6.09. The lowest BCUT2D eigenvalue weighted by molar-refractivity contribution is 0.0711. The van der Waals surface area contributed by atoms with Crippen molar-refractivity contribution in [3.8, 4) is 0 Å². The van der Waals surface area contributed by atoms with E-state index in [2.05, 4.69) is 22.1 Å². The Morgan fingerprint density at radius 2 is 1.88 bits per heavy atom. The van der Waals surface area contributed by atoms with Crippen molar-refractivity contribution in [1.82, 2.24) is 19.9 Å². The lowest BCUT2D eigenvalue weighted by atomic mass is 9.92. The monoisotopic (exact) mass is 318 g/mol. The third-order valence-corrected chi connectivity index (χ3v) is 4.59. The molecule has 0 N–H and O–H groups in total. The van der Waals surface area contributed by atoms with Gasteiger partial charge in [0.1, 0.15) is 0 Å². The number of pyridine rings is 3. The van der Waals surface area contributed by atoms with Gasteiger partial charge in [0.05, 0.1) is 5.56 Å². The number of likely N-dealkylation sites (tertiary alicyclic amines) is 1. The number of fused-ring (bicyclic) bond motifs is 1.